The van der Waals surface area contributed by atoms with E-state index < -0.39 is 6.03 Å². The summed E-state index contributed by atoms with van der Waals surface area (Å²) in [5.74, 6) is 0.653. The first kappa shape index (κ1) is 13.2. The van der Waals surface area contributed by atoms with Crippen LogP contribution in [0.2, 0.25) is 4.34 Å². The standard InChI is InChI=1S/C11H10ClN3OS2/c12-9-8(14-11(18-9)15-10(13)16)6-17-7-4-2-1-3-5-7/h1-5H,6H2,(H3,13,14,15,16). The van der Waals surface area contributed by atoms with Crippen LogP contribution < -0.4 is 11.1 Å². The van der Waals surface area contributed by atoms with Crippen molar-refractivity contribution in [3.63, 3.8) is 0 Å². The Bertz CT molecular complexity index is 544. The summed E-state index contributed by atoms with van der Waals surface area (Å²) in [6, 6.07) is 9.33. The van der Waals surface area contributed by atoms with Crippen LogP contribution in [0.3, 0.4) is 0 Å². The van der Waals surface area contributed by atoms with Crippen molar-refractivity contribution in [2.75, 3.05) is 5.32 Å². The van der Waals surface area contributed by atoms with Gasteiger partial charge in [-0.1, -0.05) is 41.1 Å². The van der Waals surface area contributed by atoms with Crippen LogP contribution in [-0.4, -0.2) is 11.0 Å². The number of thioether (sulfide) groups is 1. The van der Waals surface area contributed by atoms with Crippen molar-refractivity contribution in [1.29, 1.82) is 0 Å². The molecule has 1 heterocycles. The normalized spacial score (nSPS) is 10.3. The van der Waals surface area contributed by atoms with Crippen molar-refractivity contribution >= 4 is 45.9 Å². The fourth-order valence-corrected chi connectivity index (χ4v) is 3.32. The van der Waals surface area contributed by atoms with E-state index in [9.17, 15) is 4.79 Å². The van der Waals surface area contributed by atoms with Gasteiger partial charge in [-0.05, 0) is 12.1 Å². The molecule has 0 fully saturated rings. The molecule has 0 bridgehead atoms. The van der Waals surface area contributed by atoms with Gasteiger partial charge >= 0.3 is 6.03 Å². The molecular weight excluding hydrogens is 290 g/mol. The van der Waals surface area contributed by atoms with E-state index in [1.807, 2.05) is 30.3 Å². The number of hydrogen-bond acceptors (Lipinski definition) is 4. The Kier molecular flexibility index (Phi) is 4.46. The van der Waals surface area contributed by atoms with E-state index in [2.05, 4.69) is 10.3 Å². The predicted molar refractivity (Wildman–Crippen MR) is 76.3 cm³/mol. The molecule has 0 saturated carbocycles. The molecule has 0 aliphatic rings. The average Bonchev–Trinajstić information content (AvgIpc) is 2.67. The first-order chi connectivity index (χ1) is 8.65. The van der Waals surface area contributed by atoms with Crippen LogP contribution in [0.15, 0.2) is 35.2 Å². The average molecular weight is 300 g/mol. The number of primary amides is 1. The van der Waals surface area contributed by atoms with Gasteiger partial charge in [0.1, 0.15) is 4.34 Å². The van der Waals surface area contributed by atoms with E-state index in [4.69, 9.17) is 17.3 Å². The number of nitrogens with two attached hydrogens (primary N) is 1. The lowest BCUT2D eigenvalue weighted by molar-refractivity contribution is 0.259. The van der Waals surface area contributed by atoms with Crippen molar-refractivity contribution in [1.82, 2.24) is 4.98 Å². The molecule has 0 saturated heterocycles. The molecule has 2 rings (SSSR count). The van der Waals surface area contributed by atoms with Crippen LogP contribution in [0, 0.1) is 0 Å². The number of thiazole rings is 1. The van der Waals surface area contributed by atoms with Crippen LogP contribution in [0.1, 0.15) is 5.69 Å². The van der Waals surface area contributed by atoms with Crippen molar-refractivity contribution in [3.8, 4) is 0 Å². The molecule has 3 N–H and O–H groups in total. The van der Waals surface area contributed by atoms with Crippen molar-refractivity contribution in [2.24, 2.45) is 5.73 Å². The number of anilines is 1. The van der Waals surface area contributed by atoms with Crippen molar-refractivity contribution < 1.29 is 4.79 Å². The number of halogens is 1. The van der Waals surface area contributed by atoms with E-state index >= 15 is 0 Å². The summed E-state index contributed by atoms with van der Waals surface area (Å²) < 4.78 is 0.571. The number of benzene rings is 1. The van der Waals surface area contributed by atoms with E-state index in [0.717, 1.165) is 10.6 Å². The van der Waals surface area contributed by atoms with Crippen LogP contribution in [0.4, 0.5) is 9.93 Å². The van der Waals surface area contributed by atoms with Gasteiger partial charge in [0.05, 0.1) is 5.69 Å². The summed E-state index contributed by atoms with van der Waals surface area (Å²) in [7, 11) is 0. The Hall–Kier alpha value is -1.24. The summed E-state index contributed by atoms with van der Waals surface area (Å²) in [5, 5.41) is 2.84. The Morgan fingerprint density at radius 2 is 2.17 bits per heavy atom. The SMILES string of the molecule is NC(=O)Nc1nc(CSc2ccccc2)c(Cl)s1. The molecule has 0 atom stereocenters. The Balaban J connectivity index is 2.01. The minimum absolute atomic E-state index is 0.427. The Morgan fingerprint density at radius 1 is 1.44 bits per heavy atom. The van der Waals surface area contributed by atoms with Crippen LogP contribution in [0.5, 0.6) is 0 Å². The largest absolute Gasteiger partial charge is 0.351 e. The zero-order valence-corrected chi connectivity index (χ0v) is 11.6. The highest BCUT2D eigenvalue weighted by atomic mass is 35.5. The zero-order valence-electron chi connectivity index (χ0n) is 9.22. The molecule has 0 aliphatic heterocycles. The predicted octanol–water partition coefficient (Wildman–Crippen LogP) is 3.58. The lowest BCUT2D eigenvalue weighted by atomic mass is 10.4. The van der Waals surface area contributed by atoms with Crippen molar-refractivity contribution in [2.45, 2.75) is 10.6 Å². The summed E-state index contributed by atoms with van der Waals surface area (Å²) >= 11 is 8.89. The molecule has 0 aliphatic carbocycles. The third kappa shape index (κ3) is 3.63. The highest BCUT2D eigenvalue weighted by Crippen LogP contribution is 2.32. The van der Waals surface area contributed by atoms with E-state index in [0.29, 0.717) is 15.2 Å². The van der Waals surface area contributed by atoms with Gasteiger partial charge in [-0.15, -0.1) is 11.8 Å². The van der Waals surface area contributed by atoms with Gasteiger partial charge < -0.3 is 5.73 Å². The second-order valence-electron chi connectivity index (χ2n) is 3.33. The lowest BCUT2D eigenvalue weighted by Gasteiger charge is -1.98. The van der Waals surface area contributed by atoms with Gasteiger partial charge in [0, 0.05) is 10.6 Å². The molecule has 0 radical (unpaired) electrons. The summed E-state index contributed by atoms with van der Waals surface area (Å²) in [5.41, 5.74) is 5.77. The highest BCUT2D eigenvalue weighted by Gasteiger charge is 2.10. The summed E-state index contributed by atoms with van der Waals surface area (Å²) in [6.07, 6.45) is 0. The lowest BCUT2D eigenvalue weighted by Crippen LogP contribution is -2.19. The van der Waals surface area contributed by atoms with Gasteiger partial charge in [-0.25, -0.2) is 9.78 Å². The second kappa shape index (κ2) is 6.08. The maximum atomic E-state index is 10.7. The number of nitrogens with one attached hydrogen (secondary N) is 1. The Labute approximate surface area is 118 Å². The quantitative estimate of drug-likeness (QED) is 0.848. The molecule has 1 aromatic heterocycles. The van der Waals surface area contributed by atoms with E-state index in [1.165, 1.54) is 11.3 Å². The highest BCUT2D eigenvalue weighted by molar-refractivity contribution is 7.98. The number of urea groups is 1. The zero-order chi connectivity index (χ0) is 13.0. The number of nitrogens with zero attached hydrogens (tertiary/aromatic N) is 1. The minimum atomic E-state index is -0.636. The summed E-state index contributed by atoms with van der Waals surface area (Å²) in [6.45, 7) is 0. The van der Waals surface area contributed by atoms with Crippen LogP contribution >= 0.6 is 34.7 Å². The first-order valence-electron chi connectivity index (χ1n) is 5.04. The molecule has 2 aromatic rings. The maximum absolute atomic E-state index is 10.7. The molecular formula is C11H10ClN3OS2. The Morgan fingerprint density at radius 3 is 2.83 bits per heavy atom. The molecule has 94 valence electrons. The van der Waals surface area contributed by atoms with Gasteiger partial charge in [0.25, 0.3) is 0 Å². The molecule has 0 unspecified atom stereocenters. The monoisotopic (exact) mass is 299 g/mol. The van der Waals surface area contributed by atoms with Gasteiger partial charge in [-0.2, -0.15) is 0 Å². The van der Waals surface area contributed by atoms with Crippen LogP contribution in [-0.2, 0) is 5.75 Å². The van der Waals surface area contributed by atoms with Gasteiger partial charge in [0.15, 0.2) is 5.13 Å². The number of carbonyl (C=O) groups is 1. The summed E-state index contributed by atoms with van der Waals surface area (Å²) in [4.78, 5) is 16.1. The molecule has 0 spiro atoms. The smallest absolute Gasteiger partial charge is 0.318 e. The topological polar surface area (TPSA) is 68.0 Å². The van der Waals surface area contributed by atoms with Gasteiger partial charge in [0.2, 0.25) is 0 Å². The molecule has 2 amide bonds. The molecule has 4 nitrogen and oxygen atoms in total. The van der Waals surface area contributed by atoms with E-state index in [1.54, 1.807) is 11.8 Å². The maximum Gasteiger partial charge on any atom is 0.318 e. The first-order valence-corrected chi connectivity index (χ1v) is 7.22. The number of hydrogen-bond donors (Lipinski definition) is 2. The fraction of sp³-hybridized carbons (Fsp3) is 0.0909. The number of carbonyl (C=O) groups excluding carboxylic acids is 1. The third-order valence-electron chi connectivity index (χ3n) is 2.00. The second-order valence-corrected chi connectivity index (χ2v) is 5.98. The third-order valence-corrected chi connectivity index (χ3v) is 4.27. The number of rotatable bonds is 4. The minimum Gasteiger partial charge on any atom is -0.351 e. The van der Waals surface area contributed by atoms with Crippen LogP contribution in [0.25, 0.3) is 0 Å². The molecule has 18 heavy (non-hydrogen) atoms. The molecule has 1 aromatic carbocycles. The number of aromatic nitrogens is 1. The number of amides is 2. The molecule has 7 heteroatoms. The van der Waals surface area contributed by atoms with Crippen molar-refractivity contribution in [3.05, 3.63) is 40.4 Å². The van der Waals surface area contributed by atoms with E-state index in [-0.39, 0.29) is 0 Å². The van der Waals surface area contributed by atoms with Gasteiger partial charge in [-0.3, -0.25) is 5.32 Å². The fourth-order valence-electron chi connectivity index (χ4n) is 1.25.